The molecule has 0 fully saturated rings. The third-order valence-corrected chi connectivity index (χ3v) is 3.09. The van der Waals surface area contributed by atoms with Crippen molar-refractivity contribution >= 4 is 37.2 Å². The lowest BCUT2D eigenvalue weighted by atomic mass is 10.1. The van der Waals surface area contributed by atoms with E-state index in [2.05, 4.69) is 32.7 Å². The molecule has 0 unspecified atom stereocenters. The molecule has 1 aromatic rings. The number of aryl methyl sites for hydroxylation is 1. The second kappa shape index (κ2) is 5.73. The molecule has 2 N–H and O–H groups in total. The Bertz CT molecular complexity index is 477. The molecule has 82 valence electrons. The molecule has 1 rings (SSSR count). The molecule has 0 aromatic heterocycles. The molecule has 16 heavy (non-hydrogen) atoms. The fourth-order valence-electron chi connectivity index (χ4n) is 1.13. The molecule has 1 aromatic carbocycles. The predicted octanol–water partition coefficient (Wildman–Crippen LogP) is 2.91. The van der Waals surface area contributed by atoms with E-state index in [0.29, 0.717) is 20.8 Å². The fraction of sp³-hybridized carbons (Fsp3) is 0.182. The zero-order chi connectivity index (χ0) is 12.1. The number of halogens is 1. The van der Waals surface area contributed by atoms with Gasteiger partial charge in [-0.2, -0.15) is 0 Å². The van der Waals surface area contributed by atoms with Gasteiger partial charge in [-0.1, -0.05) is 28.4 Å². The van der Waals surface area contributed by atoms with E-state index >= 15 is 0 Å². The van der Waals surface area contributed by atoms with Gasteiger partial charge in [0.2, 0.25) is 0 Å². The summed E-state index contributed by atoms with van der Waals surface area (Å²) < 4.78 is 0.923. The van der Waals surface area contributed by atoms with Crippen LogP contribution in [0.4, 0.5) is 10.5 Å². The highest BCUT2D eigenvalue weighted by Gasteiger charge is 2.06. The lowest BCUT2D eigenvalue weighted by molar-refractivity contribution is 0.209. The molecule has 0 atom stereocenters. The van der Waals surface area contributed by atoms with Gasteiger partial charge < -0.3 is 5.11 Å². The maximum Gasteiger partial charge on any atom is 0.409 e. The van der Waals surface area contributed by atoms with Crippen molar-refractivity contribution in [1.29, 1.82) is 0 Å². The molecule has 0 bridgehead atoms. The summed E-state index contributed by atoms with van der Waals surface area (Å²) in [5.41, 5.74) is 5.13. The van der Waals surface area contributed by atoms with Crippen molar-refractivity contribution in [3.63, 3.8) is 0 Å². The van der Waals surface area contributed by atoms with Crippen LogP contribution in [0.1, 0.15) is 11.1 Å². The maximum atomic E-state index is 10.6. The van der Waals surface area contributed by atoms with Crippen LogP contribution in [0.5, 0.6) is 0 Å². The average Bonchev–Trinajstić information content (AvgIpc) is 2.20. The van der Waals surface area contributed by atoms with Gasteiger partial charge in [0.25, 0.3) is 0 Å². The number of benzene rings is 1. The molecule has 0 aliphatic rings. The van der Waals surface area contributed by atoms with Crippen LogP contribution in [0.15, 0.2) is 16.6 Å². The molecule has 0 aliphatic carbocycles. The van der Waals surface area contributed by atoms with Gasteiger partial charge in [0.15, 0.2) is 0 Å². The minimum Gasteiger partial charge on any atom is -0.465 e. The summed E-state index contributed by atoms with van der Waals surface area (Å²) in [6.45, 7) is 3.87. The van der Waals surface area contributed by atoms with E-state index < -0.39 is 6.09 Å². The number of hydrogen-bond acceptors (Lipinski definition) is 1. The Hall–Kier alpha value is -1.25. The quantitative estimate of drug-likeness (QED) is 0.618. The van der Waals surface area contributed by atoms with E-state index in [1.165, 1.54) is 0 Å². The Morgan fingerprint density at radius 3 is 2.81 bits per heavy atom. The van der Waals surface area contributed by atoms with Crippen molar-refractivity contribution in [1.82, 2.24) is 0 Å². The summed E-state index contributed by atoms with van der Waals surface area (Å²) in [4.78, 5) is 10.6. The Balaban J connectivity index is 3.21. The van der Waals surface area contributed by atoms with E-state index in [9.17, 15) is 4.79 Å². The van der Waals surface area contributed by atoms with E-state index in [1.54, 1.807) is 6.07 Å². The second-order valence-electron chi connectivity index (χ2n) is 3.08. The normalized spacial score (nSPS) is 9.19. The van der Waals surface area contributed by atoms with Crippen LogP contribution in [0.3, 0.4) is 0 Å². The van der Waals surface area contributed by atoms with Gasteiger partial charge in [0, 0.05) is 10.0 Å². The SMILES string of the molecule is C[Si]C#Cc1cc(Br)c(C)cc1NC(=O)O. The van der Waals surface area contributed by atoms with E-state index in [0.717, 1.165) is 10.0 Å². The lowest BCUT2D eigenvalue weighted by Gasteiger charge is -2.07. The summed E-state index contributed by atoms with van der Waals surface area (Å²) in [6, 6.07) is 3.59. The Morgan fingerprint density at radius 1 is 1.56 bits per heavy atom. The topological polar surface area (TPSA) is 49.3 Å². The van der Waals surface area contributed by atoms with E-state index in [4.69, 9.17) is 5.11 Å². The second-order valence-corrected chi connectivity index (χ2v) is 4.68. The smallest absolute Gasteiger partial charge is 0.409 e. The largest absolute Gasteiger partial charge is 0.465 e. The number of carbonyl (C=O) groups is 1. The zero-order valence-electron chi connectivity index (χ0n) is 8.89. The van der Waals surface area contributed by atoms with Gasteiger partial charge in [-0.05, 0) is 24.6 Å². The van der Waals surface area contributed by atoms with Crippen LogP contribution >= 0.6 is 15.9 Å². The van der Waals surface area contributed by atoms with Crippen molar-refractivity contribution in [3.8, 4) is 11.5 Å². The van der Waals surface area contributed by atoms with Crippen molar-refractivity contribution in [3.05, 3.63) is 27.7 Å². The predicted molar refractivity (Wildman–Crippen MR) is 69.0 cm³/mol. The zero-order valence-corrected chi connectivity index (χ0v) is 11.5. The molecular weight excluding hydrogens is 286 g/mol. The van der Waals surface area contributed by atoms with Gasteiger partial charge in [-0.25, -0.2) is 4.79 Å². The van der Waals surface area contributed by atoms with Crippen LogP contribution < -0.4 is 5.32 Å². The highest BCUT2D eigenvalue weighted by Crippen LogP contribution is 2.24. The molecule has 0 aliphatic heterocycles. The van der Waals surface area contributed by atoms with Crippen LogP contribution in [0.25, 0.3) is 0 Å². The van der Waals surface area contributed by atoms with Crippen molar-refractivity contribution in [2.75, 3.05) is 5.32 Å². The molecule has 0 saturated heterocycles. The molecule has 0 saturated carbocycles. The van der Waals surface area contributed by atoms with Crippen molar-refractivity contribution in [2.45, 2.75) is 13.5 Å². The summed E-state index contributed by atoms with van der Waals surface area (Å²) in [5.74, 6) is 2.94. The summed E-state index contributed by atoms with van der Waals surface area (Å²) >= 11 is 3.40. The van der Waals surface area contributed by atoms with Crippen molar-refractivity contribution < 1.29 is 9.90 Å². The summed E-state index contributed by atoms with van der Waals surface area (Å²) in [6.07, 6.45) is -1.08. The molecular formula is C11H10BrNO2Si. The number of amides is 1. The van der Waals surface area contributed by atoms with Gasteiger partial charge in [0.1, 0.15) is 9.52 Å². The number of carboxylic acid groups (broad SMARTS) is 1. The molecule has 2 radical (unpaired) electrons. The summed E-state index contributed by atoms with van der Waals surface area (Å²) in [5, 5.41) is 11.1. The molecule has 1 amide bonds. The Labute approximate surface area is 105 Å². The Kier molecular flexibility index (Phi) is 4.59. The standard InChI is InChI=1S/C11H10BrNO2Si/c1-7-5-10(13-11(14)15)8(3-4-16-2)6-9(7)12/h5-6,13H,1-2H3,(H,14,15). The molecule has 5 heteroatoms. The number of rotatable bonds is 1. The van der Waals surface area contributed by atoms with Gasteiger partial charge in [-0.3, -0.25) is 5.32 Å². The fourth-order valence-corrected chi connectivity index (χ4v) is 1.74. The molecule has 0 spiro atoms. The third kappa shape index (κ3) is 3.40. The first kappa shape index (κ1) is 12.8. The van der Waals surface area contributed by atoms with E-state index in [-0.39, 0.29) is 0 Å². The number of anilines is 1. The highest BCUT2D eigenvalue weighted by molar-refractivity contribution is 9.10. The van der Waals surface area contributed by atoms with Gasteiger partial charge in [0.05, 0.1) is 5.69 Å². The monoisotopic (exact) mass is 295 g/mol. The van der Waals surface area contributed by atoms with Gasteiger partial charge in [-0.15, -0.1) is 5.54 Å². The van der Waals surface area contributed by atoms with Crippen LogP contribution in [0.2, 0.25) is 6.55 Å². The third-order valence-electron chi connectivity index (χ3n) is 1.86. The number of hydrogen-bond donors (Lipinski definition) is 2. The molecule has 0 heterocycles. The minimum atomic E-state index is -1.08. The Morgan fingerprint density at radius 2 is 2.25 bits per heavy atom. The van der Waals surface area contributed by atoms with Gasteiger partial charge >= 0.3 is 6.09 Å². The van der Waals surface area contributed by atoms with Crippen LogP contribution in [-0.2, 0) is 0 Å². The first-order valence-electron chi connectivity index (χ1n) is 4.52. The summed E-state index contributed by atoms with van der Waals surface area (Å²) in [7, 11) is 0.518. The number of nitrogens with one attached hydrogen (secondary N) is 1. The van der Waals surface area contributed by atoms with Crippen LogP contribution in [-0.4, -0.2) is 20.7 Å². The van der Waals surface area contributed by atoms with Crippen LogP contribution in [0, 0.1) is 18.4 Å². The first-order valence-corrected chi connectivity index (χ1v) is 6.81. The average molecular weight is 296 g/mol. The van der Waals surface area contributed by atoms with Crippen molar-refractivity contribution in [2.24, 2.45) is 0 Å². The first-order chi connectivity index (χ1) is 7.54. The molecule has 3 nitrogen and oxygen atoms in total. The van der Waals surface area contributed by atoms with E-state index in [1.807, 2.05) is 19.5 Å². The lowest BCUT2D eigenvalue weighted by Crippen LogP contribution is -2.09. The maximum absolute atomic E-state index is 10.6. The minimum absolute atomic E-state index is 0.518. The highest BCUT2D eigenvalue weighted by atomic mass is 79.9.